The smallest absolute Gasteiger partial charge is 0.326 e. The number of hydrogen-bond acceptors (Lipinski definition) is 5. The minimum absolute atomic E-state index is 0.0356. The Morgan fingerprint density at radius 1 is 1.36 bits per heavy atom. The standard InChI is InChI=1S/C16H22N4O5/c1-9-14(20(24)25)10(2)19(17-9)7-6-13(21)18-8-11-4-3-5-12(11)15(18)16(22)23/h11-12,15H,3-8H2,1-2H3,(H,22,23). The van der Waals surface area contributed by atoms with Gasteiger partial charge in [0.25, 0.3) is 0 Å². The van der Waals surface area contributed by atoms with Crippen LogP contribution in [0, 0.1) is 35.8 Å². The van der Waals surface area contributed by atoms with E-state index in [9.17, 15) is 24.8 Å². The molecule has 1 aliphatic carbocycles. The molecule has 9 nitrogen and oxygen atoms in total. The second kappa shape index (κ2) is 6.45. The molecule has 1 saturated heterocycles. The number of carbonyl (C=O) groups is 2. The molecule has 2 fully saturated rings. The van der Waals surface area contributed by atoms with Crippen LogP contribution >= 0.6 is 0 Å². The van der Waals surface area contributed by atoms with Crippen LogP contribution in [0.25, 0.3) is 0 Å². The SMILES string of the molecule is Cc1nn(CCC(=O)N2CC3CCCC3C2C(=O)O)c(C)c1[N+](=O)[O-]. The summed E-state index contributed by atoms with van der Waals surface area (Å²) in [6.07, 6.45) is 2.94. The number of amides is 1. The molecule has 1 aromatic rings. The van der Waals surface area contributed by atoms with E-state index >= 15 is 0 Å². The first-order valence-corrected chi connectivity index (χ1v) is 8.52. The quantitative estimate of drug-likeness (QED) is 0.635. The lowest BCUT2D eigenvalue weighted by Crippen LogP contribution is -2.43. The Labute approximate surface area is 144 Å². The minimum Gasteiger partial charge on any atom is -0.480 e. The fourth-order valence-electron chi connectivity index (χ4n) is 4.39. The van der Waals surface area contributed by atoms with Gasteiger partial charge in [-0.3, -0.25) is 19.6 Å². The molecular weight excluding hydrogens is 328 g/mol. The van der Waals surface area contributed by atoms with Crippen LogP contribution in [0.2, 0.25) is 0 Å². The number of rotatable bonds is 5. The highest BCUT2D eigenvalue weighted by atomic mass is 16.6. The third kappa shape index (κ3) is 2.98. The number of aromatic nitrogens is 2. The molecule has 2 heterocycles. The molecule has 9 heteroatoms. The number of carboxylic acid groups (broad SMARTS) is 1. The van der Waals surface area contributed by atoms with Crippen LogP contribution in [0.1, 0.15) is 37.1 Å². The third-order valence-corrected chi connectivity index (χ3v) is 5.53. The summed E-state index contributed by atoms with van der Waals surface area (Å²) in [5, 5.41) is 24.7. The Morgan fingerprint density at radius 2 is 2.08 bits per heavy atom. The van der Waals surface area contributed by atoms with E-state index < -0.39 is 16.9 Å². The molecule has 3 unspecified atom stereocenters. The first-order chi connectivity index (χ1) is 11.8. The van der Waals surface area contributed by atoms with Crippen LogP contribution in [0.15, 0.2) is 0 Å². The van der Waals surface area contributed by atoms with Gasteiger partial charge in [-0.2, -0.15) is 5.10 Å². The predicted molar refractivity (Wildman–Crippen MR) is 86.9 cm³/mol. The topological polar surface area (TPSA) is 119 Å². The number of nitrogens with zero attached hydrogens (tertiary/aromatic N) is 4. The number of likely N-dealkylation sites (tertiary alicyclic amines) is 1. The summed E-state index contributed by atoms with van der Waals surface area (Å²) in [7, 11) is 0. The monoisotopic (exact) mass is 350 g/mol. The fraction of sp³-hybridized carbons (Fsp3) is 0.688. The molecule has 1 aliphatic heterocycles. The summed E-state index contributed by atoms with van der Waals surface area (Å²) in [5.74, 6) is -0.836. The van der Waals surface area contributed by atoms with Gasteiger partial charge in [0.05, 0.1) is 11.5 Å². The zero-order chi connectivity index (χ0) is 18.3. The van der Waals surface area contributed by atoms with Gasteiger partial charge < -0.3 is 10.0 Å². The summed E-state index contributed by atoms with van der Waals surface area (Å²) < 4.78 is 1.46. The van der Waals surface area contributed by atoms with Crippen molar-refractivity contribution < 1.29 is 19.6 Å². The number of carboxylic acids is 1. The first-order valence-electron chi connectivity index (χ1n) is 8.52. The van der Waals surface area contributed by atoms with Gasteiger partial charge in [0.1, 0.15) is 17.4 Å². The van der Waals surface area contributed by atoms with E-state index in [1.165, 1.54) is 9.58 Å². The lowest BCUT2D eigenvalue weighted by molar-refractivity contribution is -0.386. The van der Waals surface area contributed by atoms with E-state index in [0.717, 1.165) is 19.3 Å². The van der Waals surface area contributed by atoms with E-state index in [-0.39, 0.29) is 36.4 Å². The number of aliphatic carboxylic acids is 1. The molecule has 1 saturated carbocycles. The Kier molecular flexibility index (Phi) is 4.49. The van der Waals surface area contributed by atoms with E-state index in [0.29, 0.717) is 17.9 Å². The van der Waals surface area contributed by atoms with Crippen LogP contribution in [0.3, 0.4) is 0 Å². The second-order valence-electron chi connectivity index (χ2n) is 6.93. The first kappa shape index (κ1) is 17.4. The van der Waals surface area contributed by atoms with Crippen molar-refractivity contribution in [3.63, 3.8) is 0 Å². The van der Waals surface area contributed by atoms with Crippen LogP contribution < -0.4 is 0 Å². The Hall–Kier alpha value is -2.45. The van der Waals surface area contributed by atoms with E-state index in [1.807, 2.05) is 0 Å². The number of fused-ring (bicyclic) bond motifs is 1. The van der Waals surface area contributed by atoms with Gasteiger partial charge in [0, 0.05) is 13.0 Å². The third-order valence-electron chi connectivity index (χ3n) is 5.53. The molecule has 0 spiro atoms. The summed E-state index contributed by atoms with van der Waals surface area (Å²) in [4.78, 5) is 36.3. The van der Waals surface area contributed by atoms with Crippen molar-refractivity contribution in [3.05, 3.63) is 21.5 Å². The highest BCUT2D eigenvalue weighted by Crippen LogP contribution is 2.42. The highest BCUT2D eigenvalue weighted by molar-refractivity contribution is 5.84. The van der Waals surface area contributed by atoms with Gasteiger partial charge in [0.15, 0.2) is 0 Å². The molecule has 3 rings (SSSR count). The molecule has 1 amide bonds. The molecule has 0 aromatic carbocycles. The maximum Gasteiger partial charge on any atom is 0.326 e. The second-order valence-corrected chi connectivity index (χ2v) is 6.93. The number of nitro groups is 1. The fourth-order valence-corrected chi connectivity index (χ4v) is 4.39. The average Bonchev–Trinajstić information content (AvgIpc) is 3.16. The van der Waals surface area contributed by atoms with Gasteiger partial charge >= 0.3 is 11.7 Å². The molecule has 25 heavy (non-hydrogen) atoms. The summed E-state index contributed by atoms with van der Waals surface area (Å²) in [6, 6.07) is -0.741. The van der Waals surface area contributed by atoms with E-state index in [1.54, 1.807) is 13.8 Å². The number of carbonyl (C=O) groups excluding carboxylic acids is 1. The highest BCUT2D eigenvalue weighted by Gasteiger charge is 2.49. The van der Waals surface area contributed by atoms with Crippen LogP contribution in [-0.2, 0) is 16.1 Å². The van der Waals surface area contributed by atoms with Crippen molar-refractivity contribution >= 4 is 17.6 Å². The minimum atomic E-state index is -0.940. The zero-order valence-corrected chi connectivity index (χ0v) is 14.3. The van der Waals surface area contributed by atoms with Gasteiger partial charge in [-0.1, -0.05) is 6.42 Å². The van der Waals surface area contributed by atoms with E-state index in [2.05, 4.69) is 5.10 Å². The Bertz CT molecular complexity index is 728. The van der Waals surface area contributed by atoms with Crippen LogP contribution in [0.5, 0.6) is 0 Å². The lowest BCUT2D eigenvalue weighted by atomic mass is 9.94. The largest absolute Gasteiger partial charge is 0.480 e. The maximum absolute atomic E-state index is 12.6. The molecule has 0 bridgehead atoms. The normalized spacial score (nSPS) is 25.2. The average molecular weight is 350 g/mol. The van der Waals surface area contributed by atoms with Crippen LogP contribution in [0.4, 0.5) is 5.69 Å². The molecule has 136 valence electrons. The number of hydrogen-bond donors (Lipinski definition) is 1. The van der Waals surface area contributed by atoms with Crippen molar-refractivity contribution in [2.75, 3.05) is 6.54 Å². The van der Waals surface area contributed by atoms with Crippen molar-refractivity contribution in [1.82, 2.24) is 14.7 Å². The van der Waals surface area contributed by atoms with Gasteiger partial charge in [-0.15, -0.1) is 0 Å². The van der Waals surface area contributed by atoms with Crippen molar-refractivity contribution in [3.8, 4) is 0 Å². The summed E-state index contributed by atoms with van der Waals surface area (Å²) >= 11 is 0. The predicted octanol–water partition coefficient (Wildman–Crippen LogP) is 1.51. The van der Waals surface area contributed by atoms with Crippen LogP contribution in [-0.4, -0.2) is 49.2 Å². The Morgan fingerprint density at radius 3 is 2.68 bits per heavy atom. The summed E-state index contributed by atoms with van der Waals surface area (Å²) in [5.41, 5.74) is 0.684. The van der Waals surface area contributed by atoms with Gasteiger partial charge in [-0.05, 0) is 38.5 Å². The van der Waals surface area contributed by atoms with Crippen molar-refractivity contribution in [2.24, 2.45) is 11.8 Å². The molecule has 0 radical (unpaired) electrons. The molecule has 3 atom stereocenters. The maximum atomic E-state index is 12.6. The zero-order valence-electron chi connectivity index (χ0n) is 14.3. The van der Waals surface area contributed by atoms with Gasteiger partial charge in [-0.25, -0.2) is 4.79 Å². The molecular formula is C16H22N4O5. The molecule has 1 N–H and O–H groups in total. The van der Waals surface area contributed by atoms with Gasteiger partial charge in [0.2, 0.25) is 5.91 Å². The van der Waals surface area contributed by atoms with Crippen molar-refractivity contribution in [2.45, 2.75) is 52.1 Å². The van der Waals surface area contributed by atoms with E-state index in [4.69, 9.17) is 0 Å². The number of aryl methyl sites for hydroxylation is 2. The summed E-state index contributed by atoms with van der Waals surface area (Å²) in [6.45, 7) is 3.86. The molecule has 2 aliphatic rings. The van der Waals surface area contributed by atoms with Crippen molar-refractivity contribution in [1.29, 1.82) is 0 Å². The molecule has 1 aromatic heterocycles. The Balaban J connectivity index is 1.70. The lowest BCUT2D eigenvalue weighted by Gasteiger charge is -2.24.